The Balaban J connectivity index is 2.07. The van der Waals surface area contributed by atoms with Crippen LogP contribution in [0.4, 0.5) is 0 Å². The molecule has 0 aliphatic carbocycles. The van der Waals surface area contributed by atoms with Crippen LogP contribution in [0.2, 0.25) is 0 Å². The maximum Gasteiger partial charge on any atom is 0.275 e. The van der Waals surface area contributed by atoms with Crippen molar-refractivity contribution in [3.05, 3.63) is 51.2 Å². The van der Waals surface area contributed by atoms with E-state index in [2.05, 4.69) is 5.43 Å². The number of ether oxygens (including phenoxy) is 1. The summed E-state index contributed by atoms with van der Waals surface area (Å²) >= 11 is 1.41. The van der Waals surface area contributed by atoms with Gasteiger partial charge in [-0.1, -0.05) is 12.1 Å². The van der Waals surface area contributed by atoms with E-state index in [1.54, 1.807) is 0 Å². The summed E-state index contributed by atoms with van der Waals surface area (Å²) in [6.07, 6.45) is 0. The molecule has 0 bridgehead atoms. The third-order valence-corrected chi connectivity index (χ3v) is 3.85. The molecule has 0 fully saturated rings. The first-order valence-electron chi connectivity index (χ1n) is 5.90. The van der Waals surface area contributed by atoms with Crippen LogP contribution in [0.15, 0.2) is 30.3 Å². The number of nitrogens with two attached hydrogens (primary N) is 1. The lowest BCUT2D eigenvalue weighted by atomic mass is 10.2. The van der Waals surface area contributed by atoms with Crippen molar-refractivity contribution in [2.24, 2.45) is 5.84 Å². The first-order chi connectivity index (χ1) is 9.10. The highest BCUT2D eigenvalue weighted by atomic mass is 32.1. The molecular formula is C14H16N2O2S. The molecule has 2 aromatic rings. The second kappa shape index (κ2) is 5.86. The standard InChI is InChI=1S/C14H16N2O2S/c1-9-4-3-5-12(6-9)18-8-11-7-13(14(17)16-15)19-10(11)2/h3-7H,8,15H2,1-2H3,(H,16,17). The highest BCUT2D eigenvalue weighted by Gasteiger charge is 2.11. The van der Waals surface area contributed by atoms with Crippen molar-refractivity contribution in [1.29, 1.82) is 0 Å². The minimum Gasteiger partial charge on any atom is -0.489 e. The third kappa shape index (κ3) is 3.33. The number of aryl methyl sites for hydroxylation is 2. The van der Waals surface area contributed by atoms with Gasteiger partial charge in [0.25, 0.3) is 5.91 Å². The summed E-state index contributed by atoms with van der Waals surface area (Å²) in [6, 6.07) is 9.69. The molecule has 1 amide bonds. The highest BCUT2D eigenvalue weighted by Crippen LogP contribution is 2.23. The molecule has 1 aromatic heterocycles. The van der Waals surface area contributed by atoms with E-state index in [0.717, 1.165) is 21.8 Å². The Hall–Kier alpha value is -1.85. The van der Waals surface area contributed by atoms with Crippen molar-refractivity contribution < 1.29 is 9.53 Å². The predicted octanol–water partition coefficient (Wildman–Crippen LogP) is 2.55. The fourth-order valence-corrected chi connectivity index (χ4v) is 2.64. The Labute approximate surface area is 116 Å². The second-order valence-electron chi connectivity index (χ2n) is 4.27. The van der Waals surface area contributed by atoms with Crippen molar-refractivity contribution in [2.75, 3.05) is 0 Å². The number of benzene rings is 1. The molecule has 0 unspecified atom stereocenters. The number of rotatable bonds is 4. The summed E-state index contributed by atoms with van der Waals surface area (Å²) in [5, 5.41) is 0. The average Bonchev–Trinajstić information content (AvgIpc) is 2.77. The number of nitrogens with one attached hydrogen (secondary N) is 1. The van der Waals surface area contributed by atoms with Crippen molar-refractivity contribution >= 4 is 17.2 Å². The van der Waals surface area contributed by atoms with Gasteiger partial charge >= 0.3 is 0 Å². The maximum atomic E-state index is 11.4. The van der Waals surface area contributed by atoms with Gasteiger partial charge in [-0.2, -0.15) is 0 Å². The third-order valence-electron chi connectivity index (χ3n) is 2.76. The molecule has 4 nitrogen and oxygen atoms in total. The molecule has 5 heteroatoms. The van der Waals surface area contributed by atoms with Crippen LogP contribution < -0.4 is 16.0 Å². The molecule has 0 spiro atoms. The lowest BCUT2D eigenvalue weighted by Crippen LogP contribution is -2.29. The largest absolute Gasteiger partial charge is 0.489 e. The topological polar surface area (TPSA) is 64.3 Å². The second-order valence-corrected chi connectivity index (χ2v) is 5.53. The quantitative estimate of drug-likeness (QED) is 0.512. The Morgan fingerprint density at radius 1 is 1.37 bits per heavy atom. The van der Waals surface area contributed by atoms with Crippen molar-refractivity contribution in [3.8, 4) is 5.75 Å². The lowest BCUT2D eigenvalue weighted by molar-refractivity contribution is 0.0957. The molecule has 0 atom stereocenters. The number of carbonyl (C=O) groups excluding carboxylic acids is 1. The first-order valence-corrected chi connectivity index (χ1v) is 6.71. The van der Waals surface area contributed by atoms with E-state index in [1.165, 1.54) is 11.3 Å². The maximum absolute atomic E-state index is 11.4. The number of carbonyl (C=O) groups is 1. The van der Waals surface area contributed by atoms with E-state index < -0.39 is 0 Å². The molecule has 0 aliphatic heterocycles. The molecule has 1 aromatic carbocycles. The van der Waals surface area contributed by atoms with Gasteiger partial charge in [0.1, 0.15) is 12.4 Å². The van der Waals surface area contributed by atoms with Gasteiger partial charge in [0, 0.05) is 10.4 Å². The smallest absolute Gasteiger partial charge is 0.275 e. The lowest BCUT2D eigenvalue weighted by Gasteiger charge is -2.06. The van der Waals surface area contributed by atoms with Gasteiger partial charge in [-0.3, -0.25) is 10.2 Å². The van der Waals surface area contributed by atoms with Gasteiger partial charge in [0.15, 0.2) is 0 Å². The summed E-state index contributed by atoms with van der Waals surface area (Å²) < 4.78 is 5.72. The van der Waals surface area contributed by atoms with Crippen LogP contribution in [-0.2, 0) is 6.61 Å². The van der Waals surface area contributed by atoms with E-state index in [1.807, 2.05) is 44.2 Å². The van der Waals surface area contributed by atoms with Gasteiger partial charge in [-0.05, 0) is 37.6 Å². The summed E-state index contributed by atoms with van der Waals surface area (Å²) in [4.78, 5) is 13.1. The molecule has 0 radical (unpaired) electrons. The van der Waals surface area contributed by atoms with E-state index in [0.29, 0.717) is 11.5 Å². The zero-order chi connectivity index (χ0) is 13.8. The van der Waals surface area contributed by atoms with Crippen molar-refractivity contribution in [3.63, 3.8) is 0 Å². The Morgan fingerprint density at radius 2 is 2.16 bits per heavy atom. The molecule has 0 saturated carbocycles. The summed E-state index contributed by atoms with van der Waals surface area (Å²) in [5.74, 6) is 5.68. The summed E-state index contributed by atoms with van der Waals surface area (Å²) in [5.41, 5.74) is 4.29. The zero-order valence-electron chi connectivity index (χ0n) is 10.9. The Kier molecular flexibility index (Phi) is 4.19. The number of hydrazine groups is 1. The molecule has 3 N–H and O–H groups in total. The van der Waals surface area contributed by atoms with Gasteiger partial charge in [0.05, 0.1) is 4.88 Å². The number of amides is 1. The molecule has 1 heterocycles. The molecule has 0 aliphatic rings. The van der Waals surface area contributed by atoms with Crippen LogP contribution in [0.25, 0.3) is 0 Å². The molecule has 19 heavy (non-hydrogen) atoms. The van der Waals surface area contributed by atoms with E-state index in [9.17, 15) is 4.79 Å². The van der Waals surface area contributed by atoms with Gasteiger partial charge in [0.2, 0.25) is 0 Å². The van der Waals surface area contributed by atoms with Crippen LogP contribution >= 0.6 is 11.3 Å². The number of nitrogen functional groups attached to an aromatic ring is 1. The van der Waals surface area contributed by atoms with E-state index >= 15 is 0 Å². The van der Waals surface area contributed by atoms with Gasteiger partial charge < -0.3 is 4.74 Å². The predicted molar refractivity (Wildman–Crippen MR) is 76.2 cm³/mol. The van der Waals surface area contributed by atoms with Crippen LogP contribution in [0.3, 0.4) is 0 Å². The summed E-state index contributed by atoms with van der Waals surface area (Å²) in [6.45, 7) is 4.43. The molecule has 2 rings (SSSR count). The minimum atomic E-state index is -0.269. The first kappa shape index (κ1) is 13.6. The highest BCUT2D eigenvalue weighted by molar-refractivity contribution is 7.14. The molecule has 0 saturated heterocycles. The monoisotopic (exact) mass is 276 g/mol. The SMILES string of the molecule is Cc1cccc(OCc2cc(C(=O)NN)sc2C)c1. The fourth-order valence-electron chi connectivity index (χ4n) is 1.71. The van der Waals surface area contributed by atoms with Gasteiger partial charge in [-0.15, -0.1) is 11.3 Å². The molecule has 100 valence electrons. The molecular weight excluding hydrogens is 260 g/mol. The van der Waals surface area contributed by atoms with Crippen LogP contribution in [0.1, 0.15) is 25.7 Å². The average molecular weight is 276 g/mol. The van der Waals surface area contributed by atoms with Crippen LogP contribution in [-0.4, -0.2) is 5.91 Å². The minimum absolute atomic E-state index is 0.269. The van der Waals surface area contributed by atoms with E-state index in [4.69, 9.17) is 10.6 Å². The Morgan fingerprint density at radius 3 is 2.84 bits per heavy atom. The summed E-state index contributed by atoms with van der Waals surface area (Å²) in [7, 11) is 0. The van der Waals surface area contributed by atoms with Crippen LogP contribution in [0.5, 0.6) is 5.75 Å². The zero-order valence-corrected chi connectivity index (χ0v) is 11.7. The number of thiophene rings is 1. The normalized spacial score (nSPS) is 10.3. The van der Waals surface area contributed by atoms with Gasteiger partial charge in [-0.25, -0.2) is 5.84 Å². The number of hydrogen-bond donors (Lipinski definition) is 2. The van der Waals surface area contributed by atoms with Crippen LogP contribution in [0, 0.1) is 13.8 Å². The number of hydrogen-bond acceptors (Lipinski definition) is 4. The Bertz CT molecular complexity index is 593. The van der Waals surface area contributed by atoms with Crippen molar-refractivity contribution in [2.45, 2.75) is 20.5 Å². The van der Waals surface area contributed by atoms with Crippen molar-refractivity contribution in [1.82, 2.24) is 5.43 Å². The van der Waals surface area contributed by atoms with E-state index in [-0.39, 0.29) is 5.91 Å². The fraction of sp³-hybridized carbons (Fsp3) is 0.214.